The Bertz CT molecular complexity index is 652. The van der Waals surface area contributed by atoms with E-state index in [0.717, 1.165) is 11.3 Å². The third-order valence-corrected chi connectivity index (χ3v) is 2.67. The molecule has 1 amide bonds. The molecule has 0 radical (unpaired) electrons. The molecule has 0 aliphatic heterocycles. The largest absolute Gasteiger partial charge is 0.496 e. The van der Waals surface area contributed by atoms with Crippen LogP contribution in [-0.4, -0.2) is 24.2 Å². The highest BCUT2D eigenvalue weighted by Gasteiger charge is 2.01. The van der Waals surface area contributed by atoms with Crippen molar-refractivity contribution in [2.24, 2.45) is 5.10 Å². The minimum absolute atomic E-state index is 0.301. The zero-order chi connectivity index (χ0) is 14.9. The quantitative estimate of drug-likeness (QED) is 0.676. The van der Waals surface area contributed by atoms with E-state index in [0.29, 0.717) is 5.56 Å². The van der Waals surface area contributed by atoms with Gasteiger partial charge in [0.05, 0.1) is 12.7 Å². The summed E-state index contributed by atoms with van der Waals surface area (Å²) in [4.78, 5) is 15.5. The Morgan fingerprint density at radius 3 is 2.90 bits per heavy atom. The first-order valence-electron chi connectivity index (χ1n) is 6.34. The van der Waals surface area contributed by atoms with E-state index >= 15 is 0 Å². The van der Waals surface area contributed by atoms with Gasteiger partial charge in [0.25, 0.3) is 5.91 Å². The number of benzene rings is 1. The molecule has 21 heavy (non-hydrogen) atoms. The van der Waals surface area contributed by atoms with Crippen LogP contribution in [0.2, 0.25) is 0 Å². The van der Waals surface area contributed by atoms with E-state index in [1.165, 1.54) is 12.4 Å². The number of ether oxygens (including phenoxy) is 1. The summed E-state index contributed by atoms with van der Waals surface area (Å²) < 4.78 is 5.23. The molecule has 106 valence electrons. The number of aromatic nitrogens is 1. The van der Waals surface area contributed by atoms with Crippen molar-refractivity contribution in [2.45, 2.75) is 0 Å². The average Bonchev–Trinajstić information content (AvgIpc) is 2.55. The minimum atomic E-state index is -0.301. The first kappa shape index (κ1) is 14.5. The molecule has 0 saturated carbocycles. The molecular formula is C16H15N3O2. The molecular weight excluding hydrogens is 266 g/mol. The van der Waals surface area contributed by atoms with Crippen molar-refractivity contribution in [3.63, 3.8) is 0 Å². The van der Waals surface area contributed by atoms with Crippen LogP contribution >= 0.6 is 0 Å². The van der Waals surface area contributed by atoms with Gasteiger partial charge in [0.15, 0.2) is 0 Å². The highest BCUT2D eigenvalue weighted by molar-refractivity contribution is 5.94. The van der Waals surface area contributed by atoms with Crippen LogP contribution in [0.1, 0.15) is 15.9 Å². The zero-order valence-electron chi connectivity index (χ0n) is 11.6. The fourth-order valence-corrected chi connectivity index (χ4v) is 1.65. The van der Waals surface area contributed by atoms with Crippen molar-refractivity contribution < 1.29 is 9.53 Å². The number of hydrogen-bond donors (Lipinski definition) is 1. The predicted octanol–water partition coefficient (Wildman–Crippen LogP) is 2.52. The maximum Gasteiger partial charge on any atom is 0.272 e. The van der Waals surface area contributed by atoms with Gasteiger partial charge >= 0.3 is 0 Å². The Hall–Kier alpha value is -2.95. The van der Waals surface area contributed by atoms with Crippen molar-refractivity contribution in [3.8, 4) is 5.75 Å². The van der Waals surface area contributed by atoms with Crippen LogP contribution in [0, 0.1) is 0 Å². The van der Waals surface area contributed by atoms with Gasteiger partial charge in [-0.25, -0.2) is 5.43 Å². The molecule has 5 heteroatoms. The number of pyridine rings is 1. The van der Waals surface area contributed by atoms with Crippen molar-refractivity contribution in [3.05, 3.63) is 66.0 Å². The van der Waals surface area contributed by atoms with E-state index < -0.39 is 0 Å². The number of hydrazone groups is 1. The van der Waals surface area contributed by atoms with E-state index in [9.17, 15) is 4.79 Å². The van der Waals surface area contributed by atoms with Gasteiger partial charge in [0.1, 0.15) is 5.75 Å². The lowest BCUT2D eigenvalue weighted by Crippen LogP contribution is -2.17. The lowest BCUT2D eigenvalue weighted by atomic mass is 10.2. The van der Waals surface area contributed by atoms with Gasteiger partial charge in [-0.1, -0.05) is 18.2 Å². The normalized spacial score (nSPS) is 10.9. The number of nitrogens with one attached hydrogen (secondary N) is 1. The van der Waals surface area contributed by atoms with Crippen LogP contribution in [0.5, 0.6) is 5.75 Å². The van der Waals surface area contributed by atoms with E-state index in [1.54, 1.807) is 31.5 Å². The second kappa shape index (κ2) is 7.59. The number of amides is 1. The molecule has 0 unspecified atom stereocenters. The number of carbonyl (C=O) groups is 1. The summed E-state index contributed by atoms with van der Waals surface area (Å²) >= 11 is 0. The molecule has 1 aromatic carbocycles. The summed E-state index contributed by atoms with van der Waals surface area (Å²) in [7, 11) is 1.62. The lowest BCUT2D eigenvalue weighted by Gasteiger charge is -2.02. The minimum Gasteiger partial charge on any atom is -0.496 e. The van der Waals surface area contributed by atoms with Gasteiger partial charge in [-0.3, -0.25) is 9.78 Å². The first-order valence-corrected chi connectivity index (χ1v) is 6.34. The molecule has 1 heterocycles. The van der Waals surface area contributed by atoms with E-state index in [4.69, 9.17) is 4.74 Å². The van der Waals surface area contributed by atoms with E-state index in [-0.39, 0.29) is 5.91 Å². The molecule has 2 rings (SSSR count). The Labute approximate surface area is 123 Å². The van der Waals surface area contributed by atoms with Crippen LogP contribution in [-0.2, 0) is 0 Å². The molecule has 1 aromatic heterocycles. The predicted molar refractivity (Wildman–Crippen MR) is 82.2 cm³/mol. The number of hydrogen-bond acceptors (Lipinski definition) is 4. The second-order valence-electron chi connectivity index (χ2n) is 4.06. The Kier molecular flexibility index (Phi) is 5.23. The Morgan fingerprint density at radius 1 is 1.29 bits per heavy atom. The Morgan fingerprint density at radius 2 is 2.14 bits per heavy atom. The van der Waals surface area contributed by atoms with Gasteiger partial charge < -0.3 is 4.74 Å². The third kappa shape index (κ3) is 4.28. The van der Waals surface area contributed by atoms with Gasteiger partial charge in [0, 0.05) is 24.2 Å². The van der Waals surface area contributed by atoms with Crippen LogP contribution in [0.15, 0.2) is 60.0 Å². The number of carbonyl (C=O) groups excluding carboxylic acids is 1. The van der Waals surface area contributed by atoms with Crippen LogP contribution in [0.4, 0.5) is 0 Å². The maximum atomic E-state index is 11.7. The van der Waals surface area contributed by atoms with Gasteiger partial charge in [-0.05, 0) is 30.4 Å². The molecule has 2 aromatic rings. The third-order valence-electron chi connectivity index (χ3n) is 2.67. The maximum absolute atomic E-state index is 11.7. The summed E-state index contributed by atoms with van der Waals surface area (Å²) in [5.74, 6) is 0.478. The van der Waals surface area contributed by atoms with Crippen LogP contribution < -0.4 is 10.2 Å². The highest BCUT2D eigenvalue weighted by atomic mass is 16.5. The van der Waals surface area contributed by atoms with Crippen molar-refractivity contribution >= 4 is 18.2 Å². The summed E-state index contributed by atoms with van der Waals surface area (Å²) in [5.41, 5.74) is 3.82. The molecule has 5 nitrogen and oxygen atoms in total. The number of rotatable bonds is 5. The second-order valence-corrected chi connectivity index (χ2v) is 4.06. The number of nitrogens with zero attached hydrogens (tertiary/aromatic N) is 2. The summed E-state index contributed by atoms with van der Waals surface area (Å²) in [6, 6.07) is 11.0. The molecule has 0 saturated heterocycles. The van der Waals surface area contributed by atoms with Gasteiger partial charge in [0.2, 0.25) is 0 Å². The zero-order valence-corrected chi connectivity index (χ0v) is 11.6. The fraction of sp³-hybridized carbons (Fsp3) is 0.0625. The first-order chi connectivity index (χ1) is 10.3. The smallest absolute Gasteiger partial charge is 0.272 e. The number of methoxy groups -OCH3 is 1. The summed E-state index contributed by atoms with van der Waals surface area (Å²) in [5, 5.41) is 3.84. The van der Waals surface area contributed by atoms with Crippen molar-refractivity contribution in [1.29, 1.82) is 0 Å². The monoisotopic (exact) mass is 281 g/mol. The molecule has 0 fully saturated rings. The van der Waals surface area contributed by atoms with Crippen molar-refractivity contribution in [1.82, 2.24) is 10.4 Å². The summed E-state index contributed by atoms with van der Waals surface area (Å²) in [6.45, 7) is 0. The van der Waals surface area contributed by atoms with Crippen LogP contribution in [0.3, 0.4) is 0 Å². The lowest BCUT2D eigenvalue weighted by molar-refractivity contribution is 0.0955. The SMILES string of the molecule is COc1ccccc1/C=C/C=N/NC(=O)c1cccnc1. The molecule has 0 aliphatic carbocycles. The molecule has 0 aliphatic rings. The van der Waals surface area contributed by atoms with Gasteiger partial charge in [-0.15, -0.1) is 0 Å². The van der Waals surface area contributed by atoms with Gasteiger partial charge in [-0.2, -0.15) is 5.10 Å². The van der Waals surface area contributed by atoms with Crippen LogP contribution in [0.25, 0.3) is 6.08 Å². The van der Waals surface area contributed by atoms with Crippen molar-refractivity contribution in [2.75, 3.05) is 7.11 Å². The molecule has 0 bridgehead atoms. The molecule has 0 spiro atoms. The van der Waals surface area contributed by atoms with E-state index in [2.05, 4.69) is 15.5 Å². The standard InChI is InChI=1S/C16H15N3O2/c1-21-15-9-3-2-6-13(15)7-5-11-18-19-16(20)14-8-4-10-17-12-14/h2-12H,1H3,(H,19,20)/b7-5+,18-11+. The highest BCUT2D eigenvalue weighted by Crippen LogP contribution is 2.18. The molecule has 1 N–H and O–H groups in total. The number of allylic oxidation sites excluding steroid dienone is 1. The fourth-order valence-electron chi connectivity index (χ4n) is 1.65. The number of para-hydroxylation sites is 1. The van der Waals surface area contributed by atoms with E-state index in [1.807, 2.05) is 30.3 Å². The topological polar surface area (TPSA) is 63.6 Å². The average molecular weight is 281 g/mol. The Balaban J connectivity index is 1.91. The summed E-state index contributed by atoms with van der Waals surface area (Å²) in [6.07, 6.45) is 8.16. The molecule has 0 atom stereocenters.